The molecule has 6 nitrogen and oxygen atoms in total. The number of hydrogen-bond donors (Lipinski definition) is 3. The highest BCUT2D eigenvalue weighted by atomic mass is 16.2. The van der Waals surface area contributed by atoms with E-state index in [0.717, 1.165) is 25.8 Å². The van der Waals surface area contributed by atoms with Crippen LogP contribution in [0.3, 0.4) is 0 Å². The van der Waals surface area contributed by atoms with Crippen molar-refractivity contribution in [3.05, 3.63) is 0 Å². The number of carbonyl (C=O) groups excluding carboxylic acids is 2. The average Bonchev–Trinajstić information content (AvgIpc) is 2.79. The number of rotatable bonds is 14. The zero-order valence-corrected chi connectivity index (χ0v) is 21.9. The van der Waals surface area contributed by atoms with Crippen molar-refractivity contribution in [3.63, 3.8) is 0 Å². The van der Waals surface area contributed by atoms with Crippen LogP contribution in [0.4, 0.5) is 0 Å². The Morgan fingerprint density at radius 2 is 1.41 bits per heavy atom. The molecule has 1 heterocycles. The van der Waals surface area contributed by atoms with E-state index in [2.05, 4.69) is 51.8 Å². The van der Waals surface area contributed by atoms with Crippen molar-refractivity contribution in [2.45, 2.75) is 142 Å². The van der Waals surface area contributed by atoms with Gasteiger partial charge in [-0.3, -0.25) is 19.9 Å². The summed E-state index contributed by atoms with van der Waals surface area (Å²) in [5.41, 5.74) is 1.91. The summed E-state index contributed by atoms with van der Waals surface area (Å²) in [7, 11) is 0. The van der Waals surface area contributed by atoms with Crippen molar-refractivity contribution in [1.29, 1.82) is 0 Å². The van der Waals surface area contributed by atoms with Gasteiger partial charge in [-0.25, -0.2) is 5.84 Å². The molecule has 32 heavy (non-hydrogen) atoms. The number of hydrogen-bond acceptors (Lipinski definition) is 4. The Kier molecular flexibility index (Phi) is 12.8. The molecule has 0 spiro atoms. The maximum atomic E-state index is 12.2. The van der Waals surface area contributed by atoms with Gasteiger partial charge in [-0.2, -0.15) is 0 Å². The molecule has 4 atom stereocenters. The summed E-state index contributed by atoms with van der Waals surface area (Å²) in [6.45, 7) is 14.7. The number of nitrogens with two attached hydrogens (primary N) is 1. The van der Waals surface area contributed by atoms with E-state index in [1.807, 2.05) is 5.43 Å². The summed E-state index contributed by atoms with van der Waals surface area (Å²) < 4.78 is 0. The molecule has 6 heteroatoms. The normalized spacial score (nSPS) is 28.5. The monoisotopic (exact) mass is 452 g/mol. The number of unbranched alkanes of at least 4 members (excludes halogenated alkanes) is 9. The maximum absolute atomic E-state index is 12.2. The smallest absolute Gasteiger partial charge is 0.323 e. The van der Waals surface area contributed by atoms with Crippen LogP contribution in [0.15, 0.2) is 0 Å². The Hall–Kier alpha value is -1.14. The topological polar surface area (TPSA) is 87.5 Å². The van der Waals surface area contributed by atoms with E-state index >= 15 is 0 Å². The molecule has 0 aromatic heterocycles. The first-order chi connectivity index (χ1) is 15.2. The molecule has 0 bridgehead atoms. The van der Waals surface area contributed by atoms with Crippen LogP contribution in [-0.4, -0.2) is 40.4 Å². The predicted octanol–water partition coefficient (Wildman–Crippen LogP) is 5.06. The van der Waals surface area contributed by atoms with E-state index < -0.39 is 11.8 Å². The van der Waals surface area contributed by atoms with E-state index in [9.17, 15) is 9.59 Å². The van der Waals surface area contributed by atoms with Crippen LogP contribution in [-0.2, 0) is 9.59 Å². The standard InChI is InChI=1S/C26H52N4O2/c1-7-10-11-12-13-14-15-16-17-18-19-30-25(5,8-2)20-22(21(4)26(30,6)9-3)28-23(31)24(32)29-27/h21-22H,7-20,27H2,1-6H3,(H,28,31)(H,29,32). The van der Waals surface area contributed by atoms with Crippen LogP contribution in [0.5, 0.6) is 0 Å². The van der Waals surface area contributed by atoms with Crippen molar-refractivity contribution in [3.8, 4) is 0 Å². The van der Waals surface area contributed by atoms with Crippen molar-refractivity contribution in [2.75, 3.05) is 6.54 Å². The average molecular weight is 453 g/mol. The number of nitrogens with zero attached hydrogens (tertiary/aromatic N) is 1. The molecule has 1 aliphatic heterocycles. The zero-order chi connectivity index (χ0) is 24.2. The number of hydrazine groups is 1. The van der Waals surface area contributed by atoms with Gasteiger partial charge >= 0.3 is 11.8 Å². The first kappa shape index (κ1) is 28.9. The van der Waals surface area contributed by atoms with Gasteiger partial charge < -0.3 is 5.32 Å². The number of piperidine rings is 1. The highest BCUT2D eigenvalue weighted by Gasteiger charge is 2.52. The van der Waals surface area contributed by atoms with Gasteiger partial charge in [-0.15, -0.1) is 0 Å². The first-order valence-corrected chi connectivity index (χ1v) is 13.3. The molecular formula is C26H52N4O2. The minimum absolute atomic E-state index is 0.00626. The van der Waals surface area contributed by atoms with Crippen LogP contribution in [0.25, 0.3) is 0 Å². The molecule has 0 aromatic rings. The number of amides is 2. The fourth-order valence-electron chi connectivity index (χ4n) is 5.66. The lowest BCUT2D eigenvalue weighted by Gasteiger charge is -2.61. The second-order valence-corrected chi connectivity index (χ2v) is 10.4. The summed E-state index contributed by atoms with van der Waals surface area (Å²) in [4.78, 5) is 26.6. The van der Waals surface area contributed by atoms with Gasteiger partial charge in [0.15, 0.2) is 0 Å². The quantitative estimate of drug-likeness (QED) is 0.113. The molecule has 4 N–H and O–H groups in total. The van der Waals surface area contributed by atoms with E-state index in [4.69, 9.17) is 5.84 Å². The maximum Gasteiger partial charge on any atom is 0.323 e. The van der Waals surface area contributed by atoms with Gasteiger partial charge in [0, 0.05) is 17.1 Å². The van der Waals surface area contributed by atoms with Gasteiger partial charge in [-0.05, 0) is 52.0 Å². The van der Waals surface area contributed by atoms with Crippen LogP contribution in [0.1, 0.15) is 125 Å². The molecule has 1 rings (SSSR count). The summed E-state index contributed by atoms with van der Waals surface area (Å²) in [6, 6.07) is -0.0429. The minimum Gasteiger partial charge on any atom is -0.345 e. The molecular weight excluding hydrogens is 400 g/mol. The summed E-state index contributed by atoms with van der Waals surface area (Å²) >= 11 is 0. The molecule has 2 amide bonds. The number of nitrogens with one attached hydrogen (secondary N) is 2. The molecule has 1 aliphatic rings. The van der Waals surface area contributed by atoms with Crippen molar-refractivity contribution in [2.24, 2.45) is 11.8 Å². The lowest BCUT2D eigenvalue weighted by Crippen LogP contribution is -2.70. The second kappa shape index (κ2) is 14.2. The largest absolute Gasteiger partial charge is 0.345 e. The summed E-state index contributed by atoms with van der Waals surface area (Å²) in [6.07, 6.45) is 16.3. The van der Waals surface area contributed by atoms with Crippen molar-refractivity contribution >= 4 is 11.8 Å². The Morgan fingerprint density at radius 1 is 0.875 bits per heavy atom. The zero-order valence-electron chi connectivity index (χ0n) is 21.9. The highest BCUT2D eigenvalue weighted by molar-refractivity contribution is 6.34. The molecule has 1 saturated heterocycles. The third-order valence-electron chi connectivity index (χ3n) is 8.38. The highest BCUT2D eigenvalue weighted by Crippen LogP contribution is 2.45. The molecule has 0 aromatic carbocycles. The SMILES string of the molecule is CCCCCCCCCCCCN1C(C)(CC)CC(NC(=O)C(=O)NN)C(C)C1(C)CC. The van der Waals surface area contributed by atoms with E-state index in [0.29, 0.717) is 0 Å². The summed E-state index contributed by atoms with van der Waals surface area (Å²) in [5, 5.41) is 2.97. The van der Waals surface area contributed by atoms with Crippen molar-refractivity contribution in [1.82, 2.24) is 15.6 Å². The Labute approximate surface area is 197 Å². The first-order valence-electron chi connectivity index (χ1n) is 13.3. The second-order valence-electron chi connectivity index (χ2n) is 10.4. The van der Waals surface area contributed by atoms with E-state index in [1.165, 1.54) is 64.2 Å². The minimum atomic E-state index is -0.776. The Balaban J connectivity index is 2.66. The molecule has 0 aliphatic carbocycles. The third-order valence-corrected chi connectivity index (χ3v) is 8.38. The van der Waals surface area contributed by atoms with E-state index in [-0.39, 0.29) is 23.0 Å². The van der Waals surface area contributed by atoms with E-state index in [1.54, 1.807) is 0 Å². The van der Waals surface area contributed by atoms with Gasteiger partial charge in [0.2, 0.25) is 0 Å². The number of carbonyl (C=O) groups is 2. The molecule has 188 valence electrons. The van der Waals surface area contributed by atoms with Crippen LogP contribution < -0.4 is 16.6 Å². The van der Waals surface area contributed by atoms with Crippen molar-refractivity contribution < 1.29 is 9.59 Å². The van der Waals surface area contributed by atoms with Crippen LogP contribution in [0, 0.1) is 5.92 Å². The predicted molar refractivity (Wildman–Crippen MR) is 134 cm³/mol. The molecule has 0 radical (unpaired) electrons. The molecule has 0 saturated carbocycles. The summed E-state index contributed by atoms with van der Waals surface area (Å²) in [5.74, 6) is 3.98. The fourth-order valence-corrected chi connectivity index (χ4v) is 5.66. The number of likely N-dealkylation sites (tertiary alicyclic amines) is 1. The third kappa shape index (κ3) is 7.72. The Bertz CT molecular complexity index is 570. The van der Waals surface area contributed by atoms with Gasteiger partial charge in [0.1, 0.15) is 0 Å². The molecule has 1 fully saturated rings. The lowest BCUT2D eigenvalue weighted by molar-refractivity contribution is -0.142. The van der Waals surface area contributed by atoms with Gasteiger partial charge in [-0.1, -0.05) is 85.5 Å². The van der Waals surface area contributed by atoms with Crippen LogP contribution in [0.2, 0.25) is 0 Å². The van der Waals surface area contributed by atoms with Gasteiger partial charge in [0.05, 0.1) is 0 Å². The molecule has 4 unspecified atom stereocenters. The lowest BCUT2D eigenvalue weighted by atomic mass is 9.66. The fraction of sp³-hybridized carbons (Fsp3) is 0.923. The van der Waals surface area contributed by atoms with Gasteiger partial charge in [0.25, 0.3) is 0 Å². The van der Waals surface area contributed by atoms with Crippen LogP contribution >= 0.6 is 0 Å². The Morgan fingerprint density at radius 3 is 1.88 bits per heavy atom.